The van der Waals surface area contributed by atoms with Gasteiger partial charge in [0.05, 0.1) is 37.0 Å². The normalized spacial score (nSPS) is 23.4. The summed E-state index contributed by atoms with van der Waals surface area (Å²) in [6, 6.07) is 5.61. The second-order valence-corrected chi connectivity index (χ2v) is 5.67. The first kappa shape index (κ1) is 15.1. The zero-order chi connectivity index (χ0) is 15.5. The van der Waals surface area contributed by atoms with Gasteiger partial charge in [0.15, 0.2) is 0 Å². The summed E-state index contributed by atoms with van der Waals surface area (Å²) >= 11 is 0. The minimum absolute atomic E-state index is 0.0798. The number of methoxy groups -OCH3 is 1. The average Bonchev–Trinajstić information content (AvgIpc) is 2.55. The third-order valence-electron chi connectivity index (χ3n) is 4.06. The smallest absolute Gasteiger partial charge is 0.213 e. The number of aromatic nitrogens is 2. The molecule has 0 amide bonds. The molecule has 0 aromatic carbocycles. The lowest BCUT2D eigenvalue weighted by Crippen LogP contribution is -2.41. The number of nitrogens with zero attached hydrogens (tertiary/aromatic N) is 2. The zero-order valence-corrected chi connectivity index (χ0v) is 12.6. The molecule has 6 nitrogen and oxygen atoms in total. The zero-order valence-electron chi connectivity index (χ0n) is 12.6. The largest absolute Gasteiger partial charge is 0.481 e. The van der Waals surface area contributed by atoms with Crippen molar-refractivity contribution < 1.29 is 14.6 Å². The fraction of sp³-hybridized carbons (Fsp3) is 0.500. The Morgan fingerprint density at radius 3 is 3.00 bits per heavy atom. The van der Waals surface area contributed by atoms with Crippen molar-refractivity contribution in [1.82, 2.24) is 9.97 Å². The summed E-state index contributed by atoms with van der Waals surface area (Å²) in [6.07, 6.45) is 3.11. The van der Waals surface area contributed by atoms with Gasteiger partial charge in [-0.15, -0.1) is 0 Å². The van der Waals surface area contributed by atoms with E-state index < -0.39 is 6.10 Å². The molecule has 6 heteroatoms. The Labute approximate surface area is 129 Å². The number of aliphatic hydroxyl groups is 1. The summed E-state index contributed by atoms with van der Waals surface area (Å²) in [4.78, 5) is 8.75. The van der Waals surface area contributed by atoms with Crippen molar-refractivity contribution in [2.24, 2.45) is 5.73 Å². The van der Waals surface area contributed by atoms with Crippen LogP contribution in [0.1, 0.15) is 18.4 Å². The molecule has 3 rings (SSSR count). The van der Waals surface area contributed by atoms with Crippen molar-refractivity contribution in [3.63, 3.8) is 0 Å². The fourth-order valence-corrected chi connectivity index (χ4v) is 2.79. The van der Waals surface area contributed by atoms with Crippen LogP contribution in [0.5, 0.6) is 5.88 Å². The molecule has 0 aliphatic carbocycles. The van der Waals surface area contributed by atoms with E-state index in [1.165, 1.54) is 0 Å². The Morgan fingerprint density at radius 1 is 1.41 bits per heavy atom. The van der Waals surface area contributed by atoms with Crippen LogP contribution in [-0.2, 0) is 11.2 Å². The Kier molecular flexibility index (Phi) is 4.52. The van der Waals surface area contributed by atoms with Crippen LogP contribution in [-0.4, -0.2) is 47.0 Å². The molecular formula is C16H21N3O3. The number of ether oxygens (including phenoxy) is 2. The first-order chi connectivity index (χ1) is 10.7. The number of hydrogen-bond acceptors (Lipinski definition) is 6. The van der Waals surface area contributed by atoms with Crippen LogP contribution >= 0.6 is 0 Å². The van der Waals surface area contributed by atoms with E-state index in [9.17, 15) is 5.11 Å². The molecule has 1 fully saturated rings. The van der Waals surface area contributed by atoms with Gasteiger partial charge in [-0.3, -0.25) is 4.98 Å². The number of aliphatic hydroxyl groups excluding tert-OH is 1. The maximum Gasteiger partial charge on any atom is 0.213 e. The van der Waals surface area contributed by atoms with Crippen LogP contribution in [0.4, 0.5) is 0 Å². The maximum absolute atomic E-state index is 10.5. The van der Waals surface area contributed by atoms with Crippen molar-refractivity contribution in [1.29, 1.82) is 0 Å². The minimum atomic E-state index is -0.578. The highest BCUT2D eigenvalue weighted by molar-refractivity contribution is 5.78. The highest BCUT2D eigenvalue weighted by atomic mass is 16.5. The van der Waals surface area contributed by atoms with Gasteiger partial charge < -0.3 is 20.3 Å². The van der Waals surface area contributed by atoms with Crippen molar-refractivity contribution in [2.45, 2.75) is 37.5 Å². The summed E-state index contributed by atoms with van der Waals surface area (Å²) in [5.41, 5.74) is 8.30. The van der Waals surface area contributed by atoms with E-state index in [-0.39, 0.29) is 12.1 Å². The Morgan fingerprint density at radius 2 is 2.27 bits per heavy atom. The van der Waals surface area contributed by atoms with Crippen molar-refractivity contribution in [3.05, 3.63) is 30.0 Å². The standard InChI is InChI=1S/C16H21N3O3/c1-21-15-5-3-12-16(19-15)10(6-7-18-12)8-13(20)14-4-2-11(17)9-22-14/h3,5-7,11,13-14,20H,2,4,8-9,17H2,1H3/t11-,13?,14+/m1/s1. The predicted octanol–water partition coefficient (Wildman–Crippen LogP) is 1.05. The van der Waals surface area contributed by atoms with Crippen LogP contribution < -0.4 is 10.5 Å². The van der Waals surface area contributed by atoms with E-state index in [0.29, 0.717) is 18.9 Å². The lowest BCUT2D eigenvalue weighted by molar-refractivity contribution is -0.0671. The van der Waals surface area contributed by atoms with Gasteiger partial charge in [-0.05, 0) is 30.5 Å². The third kappa shape index (κ3) is 3.19. The average molecular weight is 303 g/mol. The van der Waals surface area contributed by atoms with Gasteiger partial charge in [-0.25, -0.2) is 4.98 Å². The molecule has 3 N–H and O–H groups in total. The minimum Gasteiger partial charge on any atom is -0.481 e. The molecule has 0 saturated carbocycles. The molecule has 2 aromatic rings. The van der Waals surface area contributed by atoms with Crippen molar-refractivity contribution in [2.75, 3.05) is 13.7 Å². The topological polar surface area (TPSA) is 90.5 Å². The lowest BCUT2D eigenvalue weighted by Gasteiger charge is -2.30. The highest BCUT2D eigenvalue weighted by Gasteiger charge is 2.26. The van der Waals surface area contributed by atoms with Gasteiger partial charge in [0, 0.05) is 24.7 Å². The number of rotatable bonds is 4. The number of fused-ring (bicyclic) bond motifs is 1. The van der Waals surface area contributed by atoms with Crippen LogP contribution in [0.15, 0.2) is 24.4 Å². The maximum atomic E-state index is 10.5. The summed E-state index contributed by atoms with van der Waals surface area (Å²) in [6.45, 7) is 0.505. The Hall–Kier alpha value is -1.76. The van der Waals surface area contributed by atoms with E-state index >= 15 is 0 Å². The van der Waals surface area contributed by atoms with Crippen molar-refractivity contribution >= 4 is 11.0 Å². The summed E-state index contributed by atoms with van der Waals surface area (Å²) in [5.74, 6) is 0.538. The van der Waals surface area contributed by atoms with Gasteiger partial charge in [-0.2, -0.15) is 0 Å². The Bertz CT molecular complexity index is 642. The van der Waals surface area contributed by atoms with Crippen LogP contribution in [0.2, 0.25) is 0 Å². The molecule has 22 heavy (non-hydrogen) atoms. The molecule has 1 aliphatic heterocycles. The first-order valence-electron chi connectivity index (χ1n) is 7.51. The van der Waals surface area contributed by atoms with Crippen molar-refractivity contribution in [3.8, 4) is 5.88 Å². The molecule has 0 spiro atoms. The third-order valence-corrected chi connectivity index (χ3v) is 4.06. The molecule has 3 atom stereocenters. The van der Waals surface area contributed by atoms with Gasteiger partial charge in [-0.1, -0.05) is 0 Å². The quantitative estimate of drug-likeness (QED) is 0.877. The molecule has 3 heterocycles. The van der Waals surface area contributed by atoms with Gasteiger partial charge >= 0.3 is 0 Å². The van der Waals surface area contributed by atoms with Crippen LogP contribution in [0.3, 0.4) is 0 Å². The molecule has 0 radical (unpaired) electrons. The summed E-state index contributed by atoms with van der Waals surface area (Å²) in [5, 5.41) is 10.5. The molecular weight excluding hydrogens is 282 g/mol. The summed E-state index contributed by atoms with van der Waals surface area (Å²) in [7, 11) is 1.58. The van der Waals surface area contributed by atoms with Gasteiger partial charge in [0.1, 0.15) is 0 Å². The monoisotopic (exact) mass is 303 g/mol. The number of hydrogen-bond donors (Lipinski definition) is 2. The second kappa shape index (κ2) is 6.56. The fourth-order valence-electron chi connectivity index (χ4n) is 2.79. The molecule has 0 bridgehead atoms. The van der Waals surface area contributed by atoms with E-state index in [0.717, 1.165) is 29.4 Å². The van der Waals surface area contributed by atoms with E-state index in [1.54, 1.807) is 19.4 Å². The molecule has 1 aliphatic rings. The van der Waals surface area contributed by atoms with E-state index in [2.05, 4.69) is 9.97 Å². The molecule has 1 saturated heterocycles. The van der Waals surface area contributed by atoms with Crippen LogP contribution in [0.25, 0.3) is 11.0 Å². The van der Waals surface area contributed by atoms with Crippen LogP contribution in [0, 0.1) is 0 Å². The van der Waals surface area contributed by atoms with E-state index in [1.807, 2.05) is 12.1 Å². The summed E-state index contributed by atoms with van der Waals surface area (Å²) < 4.78 is 10.8. The Balaban J connectivity index is 1.80. The number of pyridine rings is 2. The van der Waals surface area contributed by atoms with Gasteiger partial charge in [0.25, 0.3) is 0 Å². The highest BCUT2D eigenvalue weighted by Crippen LogP contribution is 2.23. The molecule has 2 aromatic heterocycles. The SMILES string of the molecule is COc1ccc2nccc(CC(O)[C@@H]3CC[C@@H](N)CO3)c2n1. The van der Waals surface area contributed by atoms with E-state index in [4.69, 9.17) is 15.2 Å². The molecule has 118 valence electrons. The second-order valence-electron chi connectivity index (χ2n) is 5.67. The lowest BCUT2D eigenvalue weighted by atomic mass is 9.96. The molecule has 1 unspecified atom stereocenters. The van der Waals surface area contributed by atoms with Gasteiger partial charge in [0.2, 0.25) is 5.88 Å². The number of nitrogens with two attached hydrogens (primary N) is 1. The first-order valence-corrected chi connectivity index (χ1v) is 7.51. The predicted molar refractivity (Wildman–Crippen MR) is 82.8 cm³/mol.